The topological polar surface area (TPSA) is 29.1 Å². The number of carbonyl (C=O) groups is 1. The highest BCUT2D eigenvalue weighted by Gasteiger charge is 2.05. The van der Waals surface area contributed by atoms with Gasteiger partial charge in [-0.25, -0.2) is 0 Å². The summed E-state index contributed by atoms with van der Waals surface area (Å²) in [7, 11) is 0. The third-order valence-electron chi connectivity index (χ3n) is 2.72. The highest BCUT2D eigenvalue weighted by molar-refractivity contribution is 9.08. The lowest BCUT2D eigenvalue weighted by molar-refractivity contribution is 0.0951. The van der Waals surface area contributed by atoms with Gasteiger partial charge in [0.1, 0.15) is 0 Å². The number of hydrogen-bond donors (Lipinski definition) is 1. The van der Waals surface area contributed by atoms with Gasteiger partial charge in [0.25, 0.3) is 5.91 Å². The second-order valence-corrected chi connectivity index (χ2v) is 5.14. The summed E-state index contributed by atoms with van der Waals surface area (Å²) in [5.41, 5.74) is 2.86. The molecule has 0 heterocycles. The number of amides is 1. The van der Waals surface area contributed by atoms with Crippen molar-refractivity contribution in [2.75, 3.05) is 0 Å². The third kappa shape index (κ3) is 4.08. The summed E-state index contributed by atoms with van der Waals surface area (Å²) in [4.78, 5) is 11.9. The number of benzene rings is 2. The molecule has 0 unspecified atom stereocenters. The van der Waals surface area contributed by atoms with Gasteiger partial charge in [0.05, 0.1) is 0 Å². The first kappa shape index (κ1) is 14.1. The smallest absolute Gasteiger partial charge is 0.251 e. The van der Waals surface area contributed by atoms with Crippen LogP contribution in [-0.4, -0.2) is 5.91 Å². The van der Waals surface area contributed by atoms with Gasteiger partial charge in [-0.15, -0.1) is 0 Å². The summed E-state index contributed by atoms with van der Waals surface area (Å²) in [5, 5.41) is 4.27. The van der Waals surface area contributed by atoms with Crippen LogP contribution in [0.25, 0.3) is 0 Å². The van der Waals surface area contributed by atoms with Crippen LogP contribution in [0.1, 0.15) is 21.5 Å². The predicted octanol–water partition coefficient (Wildman–Crippen LogP) is 4.16. The number of nitrogens with one attached hydrogen (secondary N) is 1. The molecular formula is C15H13BrClNO. The number of alkyl halides is 1. The van der Waals surface area contributed by atoms with Crippen molar-refractivity contribution in [3.05, 3.63) is 70.2 Å². The third-order valence-corrected chi connectivity index (χ3v) is 3.60. The fourth-order valence-electron chi connectivity index (χ4n) is 1.66. The molecule has 4 heteroatoms. The molecule has 0 atom stereocenters. The Hall–Kier alpha value is -1.32. The van der Waals surface area contributed by atoms with E-state index in [0.29, 0.717) is 17.1 Å². The van der Waals surface area contributed by atoms with E-state index in [1.807, 2.05) is 24.3 Å². The van der Waals surface area contributed by atoms with Crippen molar-refractivity contribution in [2.45, 2.75) is 11.9 Å². The summed E-state index contributed by atoms with van der Waals surface area (Å²) < 4.78 is 0. The average Bonchev–Trinajstić information content (AvgIpc) is 2.45. The van der Waals surface area contributed by atoms with E-state index >= 15 is 0 Å². The quantitative estimate of drug-likeness (QED) is 0.833. The Kier molecular flexibility index (Phi) is 5.00. The molecule has 0 bridgehead atoms. The van der Waals surface area contributed by atoms with Crippen LogP contribution in [0.4, 0.5) is 0 Å². The lowest BCUT2D eigenvalue weighted by Gasteiger charge is -2.06. The number of hydrogen-bond acceptors (Lipinski definition) is 1. The summed E-state index contributed by atoms with van der Waals surface area (Å²) in [6.45, 7) is 0.508. The molecule has 0 spiro atoms. The highest BCUT2D eigenvalue weighted by Crippen LogP contribution is 2.11. The van der Waals surface area contributed by atoms with Gasteiger partial charge in [-0.3, -0.25) is 4.79 Å². The van der Waals surface area contributed by atoms with E-state index in [2.05, 4.69) is 21.2 Å². The molecule has 98 valence electrons. The van der Waals surface area contributed by atoms with Crippen LogP contribution in [0.5, 0.6) is 0 Å². The first-order valence-corrected chi connectivity index (χ1v) is 7.36. The lowest BCUT2D eigenvalue weighted by Crippen LogP contribution is -2.22. The van der Waals surface area contributed by atoms with Crippen LogP contribution in [0.15, 0.2) is 48.5 Å². The molecule has 2 nitrogen and oxygen atoms in total. The van der Waals surface area contributed by atoms with Crippen molar-refractivity contribution < 1.29 is 4.79 Å². The Morgan fingerprint density at radius 1 is 1.11 bits per heavy atom. The molecule has 0 saturated carbocycles. The Labute approximate surface area is 125 Å². The summed E-state index contributed by atoms with van der Waals surface area (Å²) >= 11 is 9.25. The van der Waals surface area contributed by atoms with Gasteiger partial charge in [-0.1, -0.05) is 57.9 Å². The molecule has 0 aliphatic rings. The molecule has 0 radical (unpaired) electrons. The maximum absolute atomic E-state index is 11.9. The Morgan fingerprint density at radius 2 is 1.79 bits per heavy atom. The van der Waals surface area contributed by atoms with Crippen molar-refractivity contribution in [2.24, 2.45) is 0 Å². The minimum Gasteiger partial charge on any atom is -0.348 e. The van der Waals surface area contributed by atoms with E-state index in [9.17, 15) is 4.79 Å². The summed E-state index contributed by atoms with van der Waals surface area (Å²) in [6, 6.07) is 15.0. The van der Waals surface area contributed by atoms with Gasteiger partial charge < -0.3 is 5.32 Å². The second-order valence-electron chi connectivity index (χ2n) is 4.14. The molecule has 2 rings (SSSR count). The van der Waals surface area contributed by atoms with Gasteiger partial charge in [0, 0.05) is 22.5 Å². The van der Waals surface area contributed by atoms with Crippen molar-refractivity contribution >= 4 is 33.4 Å². The average molecular weight is 339 g/mol. The monoisotopic (exact) mass is 337 g/mol. The van der Waals surface area contributed by atoms with E-state index in [0.717, 1.165) is 10.9 Å². The minimum atomic E-state index is -0.118. The minimum absolute atomic E-state index is 0.118. The Morgan fingerprint density at radius 3 is 2.42 bits per heavy atom. The van der Waals surface area contributed by atoms with E-state index in [4.69, 9.17) is 11.6 Å². The van der Waals surface area contributed by atoms with E-state index in [1.165, 1.54) is 5.56 Å². The zero-order chi connectivity index (χ0) is 13.7. The van der Waals surface area contributed by atoms with Gasteiger partial charge >= 0.3 is 0 Å². The molecule has 1 N–H and O–H groups in total. The SMILES string of the molecule is O=C(NCc1ccc(CBr)cc1)c1cccc(Cl)c1. The van der Waals surface area contributed by atoms with Crippen LogP contribution < -0.4 is 5.32 Å². The molecule has 1 amide bonds. The largest absolute Gasteiger partial charge is 0.348 e. The molecule has 0 saturated heterocycles. The molecule has 19 heavy (non-hydrogen) atoms. The van der Waals surface area contributed by atoms with Gasteiger partial charge in [-0.2, -0.15) is 0 Å². The molecule has 0 aliphatic heterocycles. The Bertz CT molecular complexity index is 569. The van der Waals surface area contributed by atoms with Crippen LogP contribution in [0.3, 0.4) is 0 Å². The number of carbonyl (C=O) groups excluding carboxylic acids is 1. The summed E-state index contributed by atoms with van der Waals surface area (Å²) in [6.07, 6.45) is 0. The van der Waals surface area contributed by atoms with E-state index in [-0.39, 0.29) is 5.91 Å². The van der Waals surface area contributed by atoms with E-state index < -0.39 is 0 Å². The van der Waals surface area contributed by atoms with Crippen molar-refractivity contribution in [1.82, 2.24) is 5.32 Å². The summed E-state index contributed by atoms with van der Waals surface area (Å²) in [5.74, 6) is -0.118. The zero-order valence-corrected chi connectivity index (χ0v) is 12.5. The van der Waals surface area contributed by atoms with Gasteiger partial charge in [0.15, 0.2) is 0 Å². The molecule has 0 fully saturated rings. The maximum atomic E-state index is 11.9. The fourth-order valence-corrected chi connectivity index (χ4v) is 2.22. The Balaban J connectivity index is 1.96. The molecule has 0 aliphatic carbocycles. The number of halogens is 2. The van der Waals surface area contributed by atoms with Gasteiger partial charge in [0.2, 0.25) is 0 Å². The van der Waals surface area contributed by atoms with Crippen LogP contribution in [-0.2, 0) is 11.9 Å². The molecule has 2 aromatic rings. The standard InChI is InChI=1S/C15H13BrClNO/c16-9-11-4-6-12(7-5-11)10-18-15(19)13-2-1-3-14(17)8-13/h1-8H,9-10H2,(H,18,19). The maximum Gasteiger partial charge on any atom is 0.251 e. The molecular weight excluding hydrogens is 326 g/mol. The second kappa shape index (κ2) is 6.73. The highest BCUT2D eigenvalue weighted by atomic mass is 79.9. The lowest BCUT2D eigenvalue weighted by atomic mass is 10.1. The number of rotatable bonds is 4. The first-order chi connectivity index (χ1) is 9.19. The predicted molar refractivity (Wildman–Crippen MR) is 81.7 cm³/mol. The van der Waals surface area contributed by atoms with Crippen LogP contribution in [0.2, 0.25) is 5.02 Å². The van der Waals surface area contributed by atoms with E-state index in [1.54, 1.807) is 24.3 Å². The van der Waals surface area contributed by atoms with Crippen molar-refractivity contribution in [1.29, 1.82) is 0 Å². The van der Waals surface area contributed by atoms with Gasteiger partial charge in [-0.05, 0) is 29.3 Å². The normalized spacial score (nSPS) is 10.2. The van der Waals surface area contributed by atoms with Crippen molar-refractivity contribution in [3.63, 3.8) is 0 Å². The fraction of sp³-hybridized carbons (Fsp3) is 0.133. The molecule has 0 aromatic heterocycles. The van der Waals surface area contributed by atoms with Crippen LogP contribution in [0, 0.1) is 0 Å². The van der Waals surface area contributed by atoms with Crippen LogP contribution >= 0.6 is 27.5 Å². The van der Waals surface area contributed by atoms with Crippen molar-refractivity contribution in [3.8, 4) is 0 Å². The zero-order valence-electron chi connectivity index (χ0n) is 10.2. The molecule has 2 aromatic carbocycles. The first-order valence-electron chi connectivity index (χ1n) is 5.86.